The van der Waals surface area contributed by atoms with Gasteiger partial charge in [-0.1, -0.05) is 32.1 Å². The summed E-state index contributed by atoms with van der Waals surface area (Å²) in [6.07, 6.45) is 6.43. The van der Waals surface area contributed by atoms with Crippen molar-refractivity contribution in [1.29, 1.82) is 0 Å². The summed E-state index contributed by atoms with van der Waals surface area (Å²) < 4.78 is 0. The number of unbranched alkanes of at least 4 members (excludes halogenated alkanes) is 6. The van der Waals surface area contributed by atoms with Crippen LogP contribution in [0.1, 0.15) is 51.4 Å². The average molecular weight is 327 g/mol. The molecule has 2 N–H and O–H groups in total. The minimum atomic E-state index is -2.01. The molecule has 0 spiro atoms. The van der Waals surface area contributed by atoms with Crippen LogP contribution in [0.3, 0.4) is 0 Å². The summed E-state index contributed by atoms with van der Waals surface area (Å²) in [5.74, 6) is -2.12. The Kier molecular flexibility index (Phi) is 11.4. The van der Waals surface area contributed by atoms with Gasteiger partial charge < -0.3 is 10.2 Å². The monoisotopic (exact) mass is 326 g/mol. The first-order chi connectivity index (χ1) is 9.52. The normalized spacial score (nSPS) is 11.6. The van der Waals surface area contributed by atoms with Crippen molar-refractivity contribution in [3.8, 4) is 0 Å². The van der Waals surface area contributed by atoms with Gasteiger partial charge >= 0.3 is 0 Å². The van der Waals surface area contributed by atoms with Crippen molar-refractivity contribution in [2.24, 2.45) is 0 Å². The third-order valence-corrected chi connectivity index (χ3v) is 3.85. The lowest BCUT2D eigenvalue weighted by Crippen LogP contribution is -2.48. The molecule has 0 aromatic carbocycles. The van der Waals surface area contributed by atoms with Gasteiger partial charge in [-0.05, 0) is 19.3 Å². The minimum Gasteiger partial charge on any atom is -0.396 e. The molecule has 0 rings (SSSR count). The van der Waals surface area contributed by atoms with Crippen molar-refractivity contribution >= 4 is 34.8 Å². The van der Waals surface area contributed by atoms with Crippen molar-refractivity contribution in [2.75, 3.05) is 18.4 Å². The van der Waals surface area contributed by atoms with Gasteiger partial charge in [0.05, 0.1) is 11.8 Å². The number of carbonyl (C=O) groups excluding carboxylic acids is 2. The zero-order chi connectivity index (χ0) is 15.4. The van der Waals surface area contributed by atoms with Crippen molar-refractivity contribution in [2.45, 2.75) is 57.0 Å². The molecule has 6 heteroatoms. The van der Waals surface area contributed by atoms with Crippen molar-refractivity contribution < 1.29 is 19.8 Å². The van der Waals surface area contributed by atoms with Crippen LogP contribution in [0.25, 0.3) is 0 Å². The number of carbonyl (C=O) groups is 2. The quantitative estimate of drug-likeness (QED) is 0.310. The van der Waals surface area contributed by atoms with Crippen LogP contribution in [0, 0.1) is 0 Å². The van der Waals surface area contributed by atoms with Gasteiger partial charge in [0.1, 0.15) is 0 Å². The molecule has 0 atom stereocenters. The summed E-state index contributed by atoms with van der Waals surface area (Å²) in [6.45, 7) is 0.230. The third-order valence-electron chi connectivity index (χ3n) is 3.36. The maximum Gasteiger partial charge on any atom is 0.186 e. The molecule has 0 saturated heterocycles. The number of alkyl halides is 2. The number of rotatable bonds is 13. The molecular weight excluding hydrogens is 303 g/mol. The minimum absolute atomic E-state index is 0.0841. The first-order valence-corrected chi connectivity index (χ1v) is 8.11. The Hall–Kier alpha value is -0.160. The van der Waals surface area contributed by atoms with Crippen LogP contribution in [0.15, 0.2) is 0 Å². The fourth-order valence-corrected chi connectivity index (χ4v) is 2.47. The van der Waals surface area contributed by atoms with Gasteiger partial charge in [0, 0.05) is 6.61 Å². The van der Waals surface area contributed by atoms with E-state index < -0.39 is 17.2 Å². The Balaban J connectivity index is 3.98. The predicted molar refractivity (Wildman–Crippen MR) is 80.4 cm³/mol. The van der Waals surface area contributed by atoms with E-state index in [0.29, 0.717) is 6.42 Å². The molecule has 0 aromatic rings. The van der Waals surface area contributed by atoms with E-state index in [9.17, 15) is 14.7 Å². The van der Waals surface area contributed by atoms with E-state index in [-0.39, 0.29) is 24.8 Å². The SMILES string of the molecule is O=C(CCl)C(O)(CCCCCCCCCO)C(=O)CCl. The van der Waals surface area contributed by atoms with Crippen LogP contribution >= 0.6 is 23.2 Å². The molecular formula is C14H24Cl2O4. The lowest BCUT2D eigenvalue weighted by atomic mass is 9.88. The molecule has 0 unspecified atom stereocenters. The zero-order valence-corrected chi connectivity index (χ0v) is 13.3. The highest BCUT2D eigenvalue weighted by Crippen LogP contribution is 2.20. The summed E-state index contributed by atoms with van der Waals surface area (Å²) in [5.41, 5.74) is -2.01. The summed E-state index contributed by atoms with van der Waals surface area (Å²) >= 11 is 10.8. The average Bonchev–Trinajstić information content (AvgIpc) is 2.47. The van der Waals surface area contributed by atoms with E-state index in [1.54, 1.807) is 0 Å². The van der Waals surface area contributed by atoms with Gasteiger partial charge in [0.15, 0.2) is 17.2 Å². The second kappa shape index (κ2) is 11.5. The first kappa shape index (κ1) is 19.8. The second-order valence-electron chi connectivity index (χ2n) is 4.92. The Labute approximate surface area is 130 Å². The molecule has 118 valence electrons. The zero-order valence-electron chi connectivity index (χ0n) is 11.7. The number of ketones is 2. The van der Waals surface area contributed by atoms with Gasteiger partial charge in [0.2, 0.25) is 0 Å². The number of Topliss-reactive ketones (excluding diaryl/α,β-unsaturated/α-hetero) is 2. The maximum atomic E-state index is 11.6. The summed E-state index contributed by atoms with van der Waals surface area (Å²) in [5, 5.41) is 18.8. The molecule has 0 aliphatic rings. The molecule has 0 saturated carbocycles. The lowest BCUT2D eigenvalue weighted by Gasteiger charge is -2.23. The molecule has 20 heavy (non-hydrogen) atoms. The lowest BCUT2D eigenvalue weighted by molar-refractivity contribution is -0.148. The summed E-state index contributed by atoms with van der Waals surface area (Å²) in [7, 11) is 0. The molecule has 4 nitrogen and oxygen atoms in total. The summed E-state index contributed by atoms with van der Waals surface area (Å²) in [4.78, 5) is 23.2. The Morgan fingerprint density at radius 2 is 1.20 bits per heavy atom. The van der Waals surface area contributed by atoms with E-state index in [2.05, 4.69) is 0 Å². The number of halogens is 2. The Morgan fingerprint density at radius 3 is 1.60 bits per heavy atom. The molecule has 0 radical (unpaired) electrons. The van der Waals surface area contributed by atoms with Crippen LogP contribution in [0.2, 0.25) is 0 Å². The third kappa shape index (κ3) is 7.02. The maximum absolute atomic E-state index is 11.6. The van der Waals surface area contributed by atoms with E-state index in [4.69, 9.17) is 28.3 Å². The van der Waals surface area contributed by atoms with Crippen LogP contribution < -0.4 is 0 Å². The van der Waals surface area contributed by atoms with Crippen LogP contribution in [-0.2, 0) is 9.59 Å². The van der Waals surface area contributed by atoms with Gasteiger partial charge in [-0.25, -0.2) is 0 Å². The van der Waals surface area contributed by atoms with Crippen LogP contribution in [-0.4, -0.2) is 45.7 Å². The second-order valence-corrected chi connectivity index (χ2v) is 5.46. The van der Waals surface area contributed by atoms with E-state index in [1.165, 1.54) is 0 Å². The van der Waals surface area contributed by atoms with Crippen LogP contribution in [0.5, 0.6) is 0 Å². The Morgan fingerprint density at radius 1 is 0.800 bits per heavy atom. The Bertz CT molecular complexity index is 279. The van der Waals surface area contributed by atoms with Gasteiger partial charge in [0.25, 0.3) is 0 Å². The molecule has 0 bridgehead atoms. The smallest absolute Gasteiger partial charge is 0.186 e. The molecule has 0 fully saturated rings. The summed E-state index contributed by atoms with van der Waals surface area (Å²) in [6, 6.07) is 0. The van der Waals surface area contributed by atoms with Crippen molar-refractivity contribution in [3.63, 3.8) is 0 Å². The largest absolute Gasteiger partial charge is 0.396 e. The fraction of sp³-hybridized carbons (Fsp3) is 0.857. The highest BCUT2D eigenvalue weighted by molar-refractivity contribution is 6.36. The molecule has 0 aromatic heterocycles. The number of aliphatic hydroxyl groups is 2. The highest BCUT2D eigenvalue weighted by Gasteiger charge is 2.41. The van der Waals surface area contributed by atoms with Gasteiger partial charge in [-0.2, -0.15) is 0 Å². The number of hydrogen-bond acceptors (Lipinski definition) is 4. The van der Waals surface area contributed by atoms with Crippen molar-refractivity contribution in [3.05, 3.63) is 0 Å². The topological polar surface area (TPSA) is 74.6 Å². The molecule has 0 aliphatic heterocycles. The van der Waals surface area contributed by atoms with E-state index >= 15 is 0 Å². The molecule has 0 heterocycles. The van der Waals surface area contributed by atoms with Crippen LogP contribution in [0.4, 0.5) is 0 Å². The molecule has 0 aliphatic carbocycles. The standard InChI is InChI=1S/C14H24Cl2O4/c15-10-12(18)14(20,13(19)11-16)8-6-4-2-1-3-5-7-9-17/h17,20H,1-11H2. The van der Waals surface area contributed by atoms with Gasteiger partial charge in [-0.15, -0.1) is 23.2 Å². The van der Waals surface area contributed by atoms with Gasteiger partial charge in [-0.3, -0.25) is 9.59 Å². The predicted octanol–water partition coefficient (Wildman–Crippen LogP) is 2.45. The number of hydrogen-bond donors (Lipinski definition) is 2. The number of aliphatic hydroxyl groups excluding tert-OH is 1. The van der Waals surface area contributed by atoms with Crippen molar-refractivity contribution in [1.82, 2.24) is 0 Å². The molecule has 0 amide bonds. The first-order valence-electron chi connectivity index (χ1n) is 7.04. The van der Waals surface area contributed by atoms with E-state index in [0.717, 1.165) is 38.5 Å². The fourth-order valence-electron chi connectivity index (χ4n) is 2.03. The highest BCUT2D eigenvalue weighted by atomic mass is 35.5. The van der Waals surface area contributed by atoms with E-state index in [1.807, 2.05) is 0 Å².